The van der Waals surface area contributed by atoms with E-state index < -0.39 is 40.4 Å². The number of aromatic nitrogens is 2. The molecule has 23 heavy (non-hydrogen) atoms. The van der Waals surface area contributed by atoms with Crippen LogP contribution in [0.25, 0.3) is 0 Å². The van der Waals surface area contributed by atoms with Gasteiger partial charge in [-0.3, -0.25) is 19.7 Å². The highest BCUT2D eigenvalue weighted by Crippen LogP contribution is 2.18. The summed E-state index contributed by atoms with van der Waals surface area (Å²) in [5, 5.41) is 13.1. The van der Waals surface area contributed by atoms with Gasteiger partial charge in [0.25, 0.3) is 5.91 Å². The van der Waals surface area contributed by atoms with Crippen LogP contribution in [0.3, 0.4) is 0 Å². The van der Waals surface area contributed by atoms with Crippen molar-refractivity contribution in [3.63, 3.8) is 0 Å². The summed E-state index contributed by atoms with van der Waals surface area (Å²) in [6.45, 7) is 0.939. The number of rotatable bonds is 5. The number of ether oxygens (including phenoxy) is 1. The second-order valence-electron chi connectivity index (χ2n) is 4.44. The van der Waals surface area contributed by atoms with Gasteiger partial charge in [0, 0.05) is 5.69 Å². The molecule has 1 heterocycles. The SMILES string of the molecule is Cc1ccc(NC(=O)COc2nc[nH]c(=O)c2[N+](=O)[O-])cc1F. The summed E-state index contributed by atoms with van der Waals surface area (Å²) < 4.78 is 18.2. The van der Waals surface area contributed by atoms with Crippen LogP contribution in [0.4, 0.5) is 15.8 Å². The molecule has 2 aromatic rings. The zero-order valence-electron chi connectivity index (χ0n) is 11.8. The molecule has 0 saturated heterocycles. The third-order valence-corrected chi connectivity index (χ3v) is 2.77. The van der Waals surface area contributed by atoms with E-state index >= 15 is 0 Å². The Bertz CT molecular complexity index is 820. The van der Waals surface area contributed by atoms with Crippen molar-refractivity contribution in [2.45, 2.75) is 6.92 Å². The Morgan fingerprint density at radius 3 is 2.91 bits per heavy atom. The molecule has 0 spiro atoms. The van der Waals surface area contributed by atoms with Gasteiger partial charge in [-0.25, -0.2) is 4.39 Å². The monoisotopic (exact) mass is 322 g/mol. The molecule has 0 aliphatic rings. The van der Waals surface area contributed by atoms with Gasteiger partial charge in [0.1, 0.15) is 5.82 Å². The molecule has 2 rings (SSSR count). The second-order valence-corrected chi connectivity index (χ2v) is 4.44. The number of nitrogens with zero attached hydrogens (tertiary/aromatic N) is 2. The lowest BCUT2D eigenvalue weighted by molar-refractivity contribution is -0.387. The first-order valence-corrected chi connectivity index (χ1v) is 6.29. The number of anilines is 1. The maximum absolute atomic E-state index is 13.4. The van der Waals surface area contributed by atoms with Crippen LogP contribution in [0.15, 0.2) is 29.3 Å². The maximum atomic E-state index is 13.4. The summed E-state index contributed by atoms with van der Waals surface area (Å²) in [5.41, 5.74) is -1.28. The number of nitro groups is 1. The lowest BCUT2D eigenvalue weighted by Crippen LogP contribution is -2.22. The van der Waals surface area contributed by atoms with Crippen molar-refractivity contribution in [3.05, 3.63) is 56.4 Å². The molecule has 9 nitrogen and oxygen atoms in total. The summed E-state index contributed by atoms with van der Waals surface area (Å²) in [7, 11) is 0. The molecular formula is C13H11FN4O5. The van der Waals surface area contributed by atoms with E-state index in [1.807, 2.05) is 4.98 Å². The number of aromatic amines is 1. The average molecular weight is 322 g/mol. The first-order valence-electron chi connectivity index (χ1n) is 6.29. The van der Waals surface area contributed by atoms with Crippen LogP contribution in [0.1, 0.15) is 5.56 Å². The summed E-state index contributed by atoms with van der Waals surface area (Å²) in [5.74, 6) is -1.76. The van der Waals surface area contributed by atoms with Crippen molar-refractivity contribution in [2.75, 3.05) is 11.9 Å². The van der Waals surface area contributed by atoms with Crippen molar-refractivity contribution in [2.24, 2.45) is 0 Å². The van der Waals surface area contributed by atoms with Gasteiger partial charge >= 0.3 is 17.1 Å². The molecule has 0 aliphatic carbocycles. The highest BCUT2D eigenvalue weighted by atomic mass is 19.1. The van der Waals surface area contributed by atoms with Crippen LogP contribution < -0.4 is 15.6 Å². The molecule has 1 aromatic carbocycles. The molecule has 0 saturated carbocycles. The number of hydrogen-bond acceptors (Lipinski definition) is 6. The molecule has 0 aliphatic heterocycles. The Kier molecular flexibility index (Phi) is 4.64. The summed E-state index contributed by atoms with van der Waals surface area (Å²) in [4.78, 5) is 38.4. The molecule has 120 valence electrons. The van der Waals surface area contributed by atoms with Crippen molar-refractivity contribution in [3.8, 4) is 5.88 Å². The molecule has 10 heteroatoms. The lowest BCUT2D eigenvalue weighted by Gasteiger charge is -2.07. The molecule has 0 atom stereocenters. The van der Waals surface area contributed by atoms with Gasteiger partial charge in [-0.15, -0.1) is 0 Å². The minimum absolute atomic E-state index is 0.204. The van der Waals surface area contributed by atoms with Crippen molar-refractivity contribution < 1.29 is 18.8 Å². The highest BCUT2D eigenvalue weighted by Gasteiger charge is 2.22. The van der Waals surface area contributed by atoms with Gasteiger partial charge in [-0.1, -0.05) is 6.07 Å². The van der Waals surface area contributed by atoms with E-state index in [1.165, 1.54) is 12.1 Å². The molecule has 0 unspecified atom stereocenters. The zero-order chi connectivity index (χ0) is 17.0. The van der Waals surface area contributed by atoms with Crippen molar-refractivity contribution in [1.29, 1.82) is 0 Å². The molecular weight excluding hydrogens is 311 g/mol. The Morgan fingerprint density at radius 2 is 2.26 bits per heavy atom. The number of hydrogen-bond donors (Lipinski definition) is 2. The number of amides is 1. The number of halogens is 1. The maximum Gasteiger partial charge on any atom is 0.395 e. The largest absolute Gasteiger partial charge is 0.462 e. The van der Waals surface area contributed by atoms with Gasteiger partial charge in [0.05, 0.1) is 11.3 Å². The first kappa shape index (κ1) is 16.1. The average Bonchev–Trinajstić information content (AvgIpc) is 2.48. The standard InChI is InChI=1S/C13H11FN4O5/c1-7-2-3-8(4-9(7)14)17-10(19)5-23-13-11(18(21)22)12(20)15-6-16-13/h2-4,6H,5H2,1H3,(H,17,19)(H,15,16,20). The molecule has 1 amide bonds. The second kappa shape index (κ2) is 6.64. The van der Waals surface area contributed by atoms with Crippen LogP contribution in [0, 0.1) is 22.9 Å². The van der Waals surface area contributed by atoms with E-state index in [0.717, 1.165) is 12.4 Å². The quantitative estimate of drug-likeness (QED) is 0.627. The smallest absolute Gasteiger partial charge is 0.395 e. The van der Waals surface area contributed by atoms with E-state index in [4.69, 9.17) is 4.74 Å². The number of carbonyl (C=O) groups excluding carboxylic acids is 1. The van der Waals surface area contributed by atoms with Gasteiger partial charge in [-0.2, -0.15) is 4.98 Å². The minimum atomic E-state index is -0.999. The van der Waals surface area contributed by atoms with E-state index in [0.29, 0.717) is 5.56 Å². The van der Waals surface area contributed by atoms with Crippen LogP contribution >= 0.6 is 0 Å². The molecule has 0 bridgehead atoms. The lowest BCUT2D eigenvalue weighted by atomic mass is 10.2. The van der Waals surface area contributed by atoms with Crippen LogP contribution in [-0.4, -0.2) is 27.4 Å². The summed E-state index contributed by atoms with van der Waals surface area (Å²) in [6.07, 6.45) is 0.915. The van der Waals surface area contributed by atoms with Crippen LogP contribution in [-0.2, 0) is 4.79 Å². The van der Waals surface area contributed by atoms with E-state index in [-0.39, 0.29) is 5.69 Å². The number of carbonyl (C=O) groups is 1. The van der Waals surface area contributed by atoms with E-state index in [9.17, 15) is 24.1 Å². The predicted molar refractivity (Wildman–Crippen MR) is 76.8 cm³/mol. The van der Waals surface area contributed by atoms with Gasteiger partial charge < -0.3 is 15.0 Å². The molecule has 0 fully saturated rings. The molecule has 1 aromatic heterocycles. The number of H-pyrrole nitrogens is 1. The van der Waals surface area contributed by atoms with Gasteiger partial charge in [0.15, 0.2) is 6.61 Å². The number of nitrogens with one attached hydrogen (secondary N) is 2. The van der Waals surface area contributed by atoms with Gasteiger partial charge in [-0.05, 0) is 24.6 Å². The first-order chi connectivity index (χ1) is 10.9. The number of aryl methyl sites for hydroxylation is 1. The topological polar surface area (TPSA) is 127 Å². The summed E-state index contributed by atoms with van der Waals surface area (Å²) in [6, 6.07) is 4.10. The Labute approximate surface area is 128 Å². The minimum Gasteiger partial charge on any atom is -0.462 e. The third kappa shape index (κ3) is 3.87. The highest BCUT2D eigenvalue weighted by molar-refractivity contribution is 5.91. The normalized spacial score (nSPS) is 10.2. The fraction of sp³-hybridized carbons (Fsp3) is 0.154. The van der Waals surface area contributed by atoms with Crippen LogP contribution in [0.2, 0.25) is 0 Å². The molecule has 0 radical (unpaired) electrons. The van der Waals surface area contributed by atoms with Crippen molar-refractivity contribution in [1.82, 2.24) is 9.97 Å². The Balaban J connectivity index is 2.05. The molecule has 2 N–H and O–H groups in total. The van der Waals surface area contributed by atoms with Gasteiger partial charge in [0.2, 0.25) is 0 Å². The number of benzene rings is 1. The predicted octanol–water partition coefficient (Wildman–Crippen LogP) is 1.14. The zero-order valence-corrected chi connectivity index (χ0v) is 11.8. The Morgan fingerprint density at radius 1 is 1.52 bits per heavy atom. The fourth-order valence-electron chi connectivity index (χ4n) is 1.64. The summed E-state index contributed by atoms with van der Waals surface area (Å²) >= 11 is 0. The third-order valence-electron chi connectivity index (χ3n) is 2.77. The van der Waals surface area contributed by atoms with E-state index in [2.05, 4.69) is 10.3 Å². The van der Waals surface area contributed by atoms with E-state index in [1.54, 1.807) is 6.92 Å². The van der Waals surface area contributed by atoms with Crippen LogP contribution in [0.5, 0.6) is 5.88 Å². The fourth-order valence-corrected chi connectivity index (χ4v) is 1.64. The van der Waals surface area contributed by atoms with Crippen molar-refractivity contribution >= 4 is 17.3 Å². The Hall–Kier alpha value is -3.30.